The summed E-state index contributed by atoms with van der Waals surface area (Å²) in [5.41, 5.74) is 0.948. The molecule has 2 aromatic heterocycles. The van der Waals surface area contributed by atoms with E-state index in [9.17, 15) is 4.79 Å². The van der Waals surface area contributed by atoms with Gasteiger partial charge in [0.15, 0.2) is 0 Å². The largest absolute Gasteiger partial charge is 0.375 e. The van der Waals surface area contributed by atoms with E-state index in [1.807, 2.05) is 40.6 Å². The molecule has 1 amide bonds. The van der Waals surface area contributed by atoms with Crippen LogP contribution in [-0.4, -0.2) is 47.7 Å². The van der Waals surface area contributed by atoms with Crippen LogP contribution in [0.3, 0.4) is 0 Å². The molecule has 2 aromatic rings. The molecule has 1 aliphatic carbocycles. The Hall–Kier alpha value is -1.76. The lowest BCUT2D eigenvalue weighted by atomic mass is 10.1. The van der Waals surface area contributed by atoms with E-state index in [0.717, 1.165) is 23.4 Å². The molecule has 3 atom stereocenters. The number of thiophene rings is 1. The van der Waals surface area contributed by atoms with Gasteiger partial charge >= 0.3 is 0 Å². The first kappa shape index (κ1) is 16.7. The van der Waals surface area contributed by atoms with Crippen LogP contribution in [0.15, 0.2) is 41.9 Å². The molecule has 1 saturated heterocycles. The van der Waals surface area contributed by atoms with Crippen molar-refractivity contribution < 1.29 is 14.3 Å². The van der Waals surface area contributed by atoms with Crippen LogP contribution < -0.4 is 0 Å². The number of morpholine rings is 1. The van der Waals surface area contributed by atoms with E-state index in [0.29, 0.717) is 32.3 Å². The molecule has 2 aliphatic rings. The van der Waals surface area contributed by atoms with E-state index in [1.165, 1.54) is 11.3 Å². The van der Waals surface area contributed by atoms with Crippen LogP contribution in [0, 0.1) is 5.92 Å². The Bertz CT molecular complexity index is 692. The third-order valence-corrected chi connectivity index (χ3v) is 5.81. The number of hydrogen-bond donors (Lipinski definition) is 0. The number of rotatable bonds is 5. The second kappa shape index (κ2) is 7.64. The summed E-state index contributed by atoms with van der Waals surface area (Å²) in [6, 6.07) is 9.85. The third kappa shape index (κ3) is 3.76. The first-order valence-corrected chi connectivity index (χ1v) is 9.63. The molecular formula is C19H22N2O3S. The highest BCUT2D eigenvalue weighted by atomic mass is 32.1. The molecule has 0 radical (unpaired) electrons. The number of carbonyl (C=O) groups is 1. The van der Waals surface area contributed by atoms with Crippen molar-refractivity contribution in [3.63, 3.8) is 0 Å². The molecular weight excluding hydrogens is 336 g/mol. The Morgan fingerprint density at radius 3 is 3.08 bits per heavy atom. The van der Waals surface area contributed by atoms with Crippen LogP contribution in [0.25, 0.3) is 0 Å². The van der Waals surface area contributed by atoms with Crippen LogP contribution in [0.4, 0.5) is 0 Å². The zero-order valence-electron chi connectivity index (χ0n) is 14.0. The van der Waals surface area contributed by atoms with Crippen molar-refractivity contribution >= 4 is 17.2 Å². The zero-order valence-corrected chi connectivity index (χ0v) is 14.9. The first-order chi connectivity index (χ1) is 12.3. The second-order valence-electron chi connectivity index (χ2n) is 6.63. The standard InChI is InChI=1S/C19H22N2O3S/c22-19(18-5-3-9-25-18)21-7-8-24-17-11-14(10-16(17)21)12-23-13-15-4-1-2-6-20-15/h1-6,9,14,16-17H,7-8,10-13H2/t14-,16-,17-/m1/s1. The molecule has 0 spiro atoms. The van der Waals surface area contributed by atoms with E-state index < -0.39 is 0 Å². The average molecular weight is 358 g/mol. The number of ether oxygens (including phenoxy) is 2. The van der Waals surface area contributed by atoms with Gasteiger partial charge in [-0.2, -0.15) is 0 Å². The monoisotopic (exact) mass is 358 g/mol. The molecule has 0 aromatic carbocycles. The van der Waals surface area contributed by atoms with Crippen molar-refractivity contribution in [3.05, 3.63) is 52.5 Å². The number of carbonyl (C=O) groups excluding carboxylic acids is 1. The number of fused-ring (bicyclic) bond motifs is 1. The van der Waals surface area contributed by atoms with Gasteiger partial charge in [-0.25, -0.2) is 0 Å². The first-order valence-electron chi connectivity index (χ1n) is 8.75. The highest BCUT2D eigenvalue weighted by molar-refractivity contribution is 7.12. The molecule has 0 N–H and O–H groups in total. The topological polar surface area (TPSA) is 51.7 Å². The summed E-state index contributed by atoms with van der Waals surface area (Å²) in [5.74, 6) is 0.568. The van der Waals surface area contributed by atoms with Crippen molar-refractivity contribution in [1.82, 2.24) is 9.88 Å². The van der Waals surface area contributed by atoms with E-state index >= 15 is 0 Å². The predicted molar refractivity (Wildman–Crippen MR) is 95.5 cm³/mol. The summed E-state index contributed by atoms with van der Waals surface area (Å²) < 4.78 is 11.8. The van der Waals surface area contributed by atoms with Crippen molar-refractivity contribution in [1.29, 1.82) is 0 Å². The number of pyridine rings is 1. The molecule has 3 heterocycles. The fraction of sp³-hybridized carbons (Fsp3) is 0.474. The maximum Gasteiger partial charge on any atom is 0.264 e. The minimum atomic E-state index is 0.140. The molecule has 1 aliphatic heterocycles. The molecule has 6 heteroatoms. The number of amides is 1. The Balaban J connectivity index is 1.33. The molecule has 25 heavy (non-hydrogen) atoms. The summed E-state index contributed by atoms with van der Waals surface area (Å²) in [6.07, 6.45) is 3.83. The highest BCUT2D eigenvalue weighted by Gasteiger charge is 2.43. The maximum atomic E-state index is 12.8. The molecule has 5 nitrogen and oxygen atoms in total. The van der Waals surface area contributed by atoms with Crippen molar-refractivity contribution in [2.24, 2.45) is 5.92 Å². The highest BCUT2D eigenvalue weighted by Crippen LogP contribution is 2.35. The lowest BCUT2D eigenvalue weighted by Gasteiger charge is -2.37. The third-order valence-electron chi connectivity index (χ3n) is 4.96. The lowest BCUT2D eigenvalue weighted by Crippen LogP contribution is -2.51. The number of hydrogen-bond acceptors (Lipinski definition) is 5. The maximum absolute atomic E-state index is 12.8. The van der Waals surface area contributed by atoms with Gasteiger partial charge in [0.25, 0.3) is 5.91 Å². The molecule has 0 bridgehead atoms. The van der Waals surface area contributed by atoms with Crippen molar-refractivity contribution in [2.75, 3.05) is 19.8 Å². The molecule has 2 fully saturated rings. The molecule has 1 saturated carbocycles. The number of nitrogens with zero attached hydrogens (tertiary/aromatic N) is 2. The predicted octanol–water partition coefficient (Wildman–Crippen LogP) is 2.98. The van der Waals surface area contributed by atoms with Gasteiger partial charge in [-0.3, -0.25) is 9.78 Å². The average Bonchev–Trinajstić information content (AvgIpc) is 3.31. The van der Waals surface area contributed by atoms with Crippen LogP contribution >= 0.6 is 11.3 Å². The zero-order chi connectivity index (χ0) is 17.1. The quantitative estimate of drug-likeness (QED) is 0.825. The minimum Gasteiger partial charge on any atom is -0.375 e. The van der Waals surface area contributed by atoms with Crippen LogP contribution in [0.2, 0.25) is 0 Å². The van der Waals surface area contributed by atoms with E-state index in [2.05, 4.69) is 4.98 Å². The lowest BCUT2D eigenvalue weighted by molar-refractivity contribution is -0.0448. The normalized spacial score (nSPS) is 25.8. The Labute approximate surface area is 151 Å². The minimum absolute atomic E-state index is 0.140. The van der Waals surface area contributed by atoms with Crippen molar-refractivity contribution in [2.45, 2.75) is 31.6 Å². The summed E-state index contributed by atoms with van der Waals surface area (Å²) in [4.78, 5) is 19.9. The number of aromatic nitrogens is 1. The van der Waals surface area contributed by atoms with Crippen LogP contribution in [0.1, 0.15) is 28.2 Å². The second-order valence-corrected chi connectivity index (χ2v) is 7.57. The van der Waals surface area contributed by atoms with Gasteiger partial charge in [0.1, 0.15) is 0 Å². The fourth-order valence-electron chi connectivity index (χ4n) is 3.79. The Morgan fingerprint density at radius 1 is 1.32 bits per heavy atom. The Morgan fingerprint density at radius 2 is 2.28 bits per heavy atom. The fourth-order valence-corrected chi connectivity index (χ4v) is 4.47. The summed E-state index contributed by atoms with van der Waals surface area (Å²) in [5, 5.41) is 1.95. The molecule has 0 unspecified atom stereocenters. The van der Waals surface area contributed by atoms with Gasteiger partial charge in [-0.1, -0.05) is 12.1 Å². The van der Waals surface area contributed by atoms with Gasteiger partial charge < -0.3 is 14.4 Å². The molecule has 132 valence electrons. The van der Waals surface area contributed by atoms with Crippen molar-refractivity contribution in [3.8, 4) is 0 Å². The molecule has 4 rings (SSSR count). The van der Waals surface area contributed by atoms with Gasteiger partial charge in [0.2, 0.25) is 0 Å². The SMILES string of the molecule is O=C(c1cccs1)N1CCO[C@@H]2C[C@H](COCc3ccccn3)C[C@H]21. The summed E-state index contributed by atoms with van der Waals surface area (Å²) in [6.45, 7) is 2.53. The van der Waals surface area contributed by atoms with E-state index in [1.54, 1.807) is 6.20 Å². The summed E-state index contributed by atoms with van der Waals surface area (Å²) >= 11 is 1.51. The smallest absolute Gasteiger partial charge is 0.264 e. The van der Waals surface area contributed by atoms with E-state index in [4.69, 9.17) is 9.47 Å². The Kier molecular flexibility index (Phi) is 5.10. The van der Waals surface area contributed by atoms with Gasteiger partial charge in [-0.15, -0.1) is 11.3 Å². The van der Waals surface area contributed by atoms with Gasteiger partial charge in [0.05, 0.1) is 42.5 Å². The van der Waals surface area contributed by atoms with Gasteiger partial charge in [0, 0.05) is 12.7 Å². The summed E-state index contributed by atoms with van der Waals surface area (Å²) in [7, 11) is 0. The van der Waals surface area contributed by atoms with Crippen LogP contribution in [0.5, 0.6) is 0 Å². The van der Waals surface area contributed by atoms with Crippen LogP contribution in [-0.2, 0) is 16.1 Å². The van der Waals surface area contributed by atoms with Gasteiger partial charge in [-0.05, 0) is 42.3 Å². The van der Waals surface area contributed by atoms with E-state index in [-0.39, 0.29) is 18.1 Å².